The molecule has 1 aliphatic heterocycles. The van der Waals surface area contributed by atoms with E-state index in [4.69, 9.17) is 10.5 Å². The van der Waals surface area contributed by atoms with Crippen molar-refractivity contribution in [2.24, 2.45) is 0 Å². The van der Waals surface area contributed by atoms with Crippen molar-refractivity contribution in [1.29, 1.82) is 0 Å². The van der Waals surface area contributed by atoms with E-state index in [0.29, 0.717) is 17.0 Å². The zero-order valence-corrected chi connectivity index (χ0v) is 11.5. The van der Waals surface area contributed by atoms with E-state index in [2.05, 4.69) is 0 Å². The van der Waals surface area contributed by atoms with Crippen LogP contribution < -0.4 is 10.5 Å². The molecule has 1 aromatic rings. The molecule has 1 aromatic carbocycles. The van der Waals surface area contributed by atoms with Crippen molar-refractivity contribution < 1.29 is 9.53 Å². The Kier molecular flexibility index (Phi) is 4.66. The van der Waals surface area contributed by atoms with Gasteiger partial charge in [0.05, 0.1) is 18.4 Å². The maximum atomic E-state index is 12.6. The van der Waals surface area contributed by atoms with E-state index in [1.807, 2.05) is 4.90 Å². The number of nitrogens with two attached hydrogens (primary N) is 1. The number of nitrogen functional groups attached to an aromatic ring is 1. The summed E-state index contributed by atoms with van der Waals surface area (Å²) >= 11 is 0. The summed E-state index contributed by atoms with van der Waals surface area (Å²) in [5.74, 6) is 0.528. The molecule has 1 fully saturated rings. The summed E-state index contributed by atoms with van der Waals surface area (Å²) in [4.78, 5) is 14.5. The number of likely N-dealkylation sites (tertiary alicyclic amines) is 1. The number of para-hydroxylation sites is 1. The van der Waals surface area contributed by atoms with E-state index in [9.17, 15) is 4.79 Å². The molecule has 1 aliphatic rings. The van der Waals surface area contributed by atoms with Gasteiger partial charge in [-0.2, -0.15) is 0 Å². The maximum absolute atomic E-state index is 12.6. The molecule has 0 aliphatic carbocycles. The third-order valence-electron chi connectivity index (χ3n) is 3.62. The summed E-state index contributed by atoms with van der Waals surface area (Å²) < 4.78 is 5.27. The normalized spacial score (nSPS) is 16.6. The van der Waals surface area contributed by atoms with Crippen molar-refractivity contribution in [1.82, 2.24) is 4.90 Å². The number of rotatable bonds is 2. The third kappa shape index (κ3) is 3.19. The molecule has 0 unspecified atom stereocenters. The largest absolute Gasteiger partial charge is 0.494 e. The standard InChI is InChI=1S/C15H22N2O2/c1-19-14-12(8-7-9-13(14)16)15(18)17-10-5-3-2-4-6-11-17/h7-9H,2-6,10-11,16H2,1H3. The molecule has 0 bridgehead atoms. The van der Waals surface area contributed by atoms with Crippen molar-refractivity contribution in [2.75, 3.05) is 25.9 Å². The maximum Gasteiger partial charge on any atom is 0.257 e. The van der Waals surface area contributed by atoms with Crippen LogP contribution in [0.5, 0.6) is 5.75 Å². The van der Waals surface area contributed by atoms with Gasteiger partial charge in [0.1, 0.15) is 0 Å². The van der Waals surface area contributed by atoms with Crippen LogP contribution in [0, 0.1) is 0 Å². The van der Waals surface area contributed by atoms with Crippen LogP contribution in [0.4, 0.5) is 5.69 Å². The first-order chi connectivity index (χ1) is 9.24. The highest BCUT2D eigenvalue weighted by Gasteiger charge is 2.21. The lowest BCUT2D eigenvalue weighted by Crippen LogP contribution is -2.34. The van der Waals surface area contributed by atoms with Gasteiger partial charge in [-0.05, 0) is 25.0 Å². The summed E-state index contributed by atoms with van der Waals surface area (Å²) in [5, 5.41) is 0. The Morgan fingerprint density at radius 3 is 2.42 bits per heavy atom. The molecule has 0 aromatic heterocycles. The van der Waals surface area contributed by atoms with Gasteiger partial charge in [0.2, 0.25) is 0 Å². The second kappa shape index (κ2) is 6.45. The summed E-state index contributed by atoms with van der Waals surface area (Å²) in [7, 11) is 1.55. The van der Waals surface area contributed by atoms with Crippen LogP contribution in [0.3, 0.4) is 0 Å². The Morgan fingerprint density at radius 1 is 1.16 bits per heavy atom. The first-order valence-electron chi connectivity index (χ1n) is 6.96. The van der Waals surface area contributed by atoms with Crippen molar-refractivity contribution >= 4 is 11.6 Å². The minimum atomic E-state index is 0.0334. The van der Waals surface area contributed by atoms with E-state index < -0.39 is 0 Å². The Bertz CT molecular complexity index is 438. The smallest absolute Gasteiger partial charge is 0.257 e. The zero-order valence-electron chi connectivity index (χ0n) is 11.5. The van der Waals surface area contributed by atoms with Crippen molar-refractivity contribution in [2.45, 2.75) is 32.1 Å². The molecule has 1 amide bonds. The average Bonchev–Trinajstić information content (AvgIpc) is 2.37. The number of carbonyl (C=O) groups is 1. The fourth-order valence-corrected chi connectivity index (χ4v) is 2.57. The Balaban J connectivity index is 2.20. The summed E-state index contributed by atoms with van der Waals surface area (Å²) in [6.07, 6.45) is 5.85. The molecule has 1 heterocycles. The molecule has 2 rings (SSSR count). The fraction of sp³-hybridized carbons (Fsp3) is 0.533. The number of anilines is 1. The summed E-state index contributed by atoms with van der Waals surface area (Å²) in [6, 6.07) is 5.34. The lowest BCUT2D eigenvalue weighted by molar-refractivity contribution is 0.0739. The number of hydrogen-bond donors (Lipinski definition) is 1. The predicted octanol–water partition coefficient (Wildman–Crippen LogP) is 2.68. The number of methoxy groups -OCH3 is 1. The number of ether oxygens (including phenoxy) is 1. The van der Waals surface area contributed by atoms with Crippen LogP contribution in [0.1, 0.15) is 42.5 Å². The van der Waals surface area contributed by atoms with Gasteiger partial charge in [0.15, 0.2) is 5.75 Å². The fourth-order valence-electron chi connectivity index (χ4n) is 2.57. The molecule has 0 radical (unpaired) electrons. The van der Waals surface area contributed by atoms with Crippen LogP contribution in [0.15, 0.2) is 18.2 Å². The van der Waals surface area contributed by atoms with Crippen LogP contribution in [-0.2, 0) is 0 Å². The number of carbonyl (C=O) groups excluding carboxylic acids is 1. The van der Waals surface area contributed by atoms with Crippen LogP contribution in [0.2, 0.25) is 0 Å². The van der Waals surface area contributed by atoms with Gasteiger partial charge in [-0.15, -0.1) is 0 Å². The lowest BCUT2D eigenvalue weighted by atomic mass is 10.1. The van der Waals surface area contributed by atoms with Crippen molar-refractivity contribution in [3.05, 3.63) is 23.8 Å². The SMILES string of the molecule is COc1c(N)cccc1C(=O)N1CCCCCCC1. The van der Waals surface area contributed by atoms with E-state index >= 15 is 0 Å². The molecule has 4 nitrogen and oxygen atoms in total. The quantitative estimate of drug-likeness (QED) is 0.834. The second-order valence-electron chi connectivity index (χ2n) is 4.99. The van der Waals surface area contributed by atoms with Crippen LogP contribution >= 0.6 is 0 Å². The average molecular weight is 262 g/mol. The number of hydrogen-bond acceptors (Lipinski definition) is 3. The van der Waals surface area contributed by atoms with E-state index in [1.54, 1.807) is 25.3 Å². The van der Waals surface area contributed by atoms with Gasteiger partial charge in [-0.1, -0.05) is 25.3 Å². The van der Waals surface area contributed by atoms with E-state index in [-0.39, 0.29) is 5.91 Å². The third-order valence-corrected chi connectivity index (χ3v) is 3.62. The Labute approximate surface area is 114 Å². The van der Waals surface area contributed by atoms with Crippen molar-refractivity contribution in [3.63, 3.8) is 0 Å². The monoisotopic (exact) mass is 262 g/mol. The zero-order chi connectivity index (χ0) is 13.7. The lowest BCUT2D eigenvalue weighted by Gasteiger charge is -2.25. The van der Waals surface area contributed by atoms with Gasteiger partial charge in [-0.3, -0.25) is 4.79 Å². The van der Waals surface area contributed by atoms with E-state index in [1.165, 1.54) is 19.3 Å². The van der Waals surface area contributed by atoms with Crippen molar-refractivity contribution in [3.8, 4) is 5.75 Å². The molecule has 0 saturated carbocycles. The highest BCUT2D eigenvalue weighted by molar-refractivity contribution is 5.98. The first-order valence-corrected chi connectivity index (χ1v) is 6.96. The first kappa shape index (κ1) is 13.7. The molecule has 0 atom stereocenters. The van der Waals surface area contributed by atoms with Gasteiger partial charge < -0.3 is 15.4 Å². The summed E-state index contributed by atoms with van der Waals surface area (Å²) in [5.41, 5.74) is 6.95. The molecule has 19 heavy (non-hydrogen) atoms. The number of benzene rings is 1. The van der Waals surface area contributed by atoms with Gasteiger partial charge in [0, 0.05) is 13.1 Å². The molecule has 1 saturated heterocycles. The minimum Gasteiger partial charge on any atom is -0.494 e. The highest BCUT2D eigenvalue weighted by Crippen LogP contribution is 2.27. The van der Waals surface area contributed by atoms with Gasteiger partial charge in [0.25, 0.3) is 5.91 Å². The van der Waals surface area contributed by atoms with E-state index in [0.717, 1.165) is 25.9 Å². The topological polar surface area (TPSA) is 55.6 Å². The predicted molar refractivity (Wildman–Crippen MR) is 76.4 cm³/mol. The molecule has 104 valence electrons. The Hall–Kier alpha value is -1.71. The highest BCUT2D eigenvalue weighted by atomic mass is 16.5. The van der Waals surface area contributed by atoms with Gasteiger partial charge in [-0.25, -0.2) is 0 Å². The molecular weight excluding hydrogens is 240 g/mol. The number of amides is 1. The van der Waals surface area contributed by atoms with Crippen LogP contribution in [-0.4, -0.2) is 31.0 Å². The molecular formula is C15H22N2O2. The summed E-state index contributed by atoms with van der Waals surface area (Å²) in [6.45, 7) is 1.66. The minimum absolute atomic E-state index is 0.0334. The Morgan fingerprint density at radius 2 is 1.79 bits per heavy atom. The van der Waals surface area contributed by atoms with Crippen LogP contribution in [0.25, 0.3) is 0 Å². The molecule has 0 spiro atoms. The molecule has 2 N–H and O–H groups in total. The number of nitrogens with zero attached hydrogens (tertiary/aromatic N) is 1. The van der Waals surface area contributed by atoms with Gasteiger partial charge >= 0.3 is 0 Å². The molecule has 4 heteroatoms. The second-order valence-corrected chi connectivity index (χ2v) is 4.99.